The van der Waals surface area contributed by atoms with Crippen LogP contribution in [-0.2, 0) is 29.1 Å². The van der Waals surface area contributed by atoms with Crippen LogP contribution in [-0.4, -0.2) is 25.0 Å². The van der Waals surface area contributed by atoms with E-state index in [0.29, 0.717) is 0 Å². The molecule has 0 aromatic heterocycles. The maximum absolute atomic E-state index is 8.89. The van der Waals surface area contributed by atoms with E-state index in [9.17, 15) is 0 Å². The maximum atomic E-state index is 8.89. The van der Waals surface area contributed by atoms with Crippen molar-refractivity contribution in [2.75, 3.05) is 13.1 Å². The van der Waals surface area contributed by atoms with E-state index < -0.39 is 11.9 Å². The topological polar surface area (TPSA) is 92.3 Å². The molecule has 1 saturated heterocycles. The minimum absolute atomic E-state index is 0. The van der Waals surface area contributed by atoms with Crippen LogP contribution in [0.3, 0.4) is 0 Å². The summed E-state index contributed by atoms with van der Waals surface area (Å²) < 4.78 is 0. The number of carbonyl (C=O) groups excluding carboxylic acids is 2. The number of nitrogens with one attached hydrogen (secondary N) is 1. The first-order chi connectivity index (χ1) is 6.46. The summed E-state index contributed by atoms with van der Waals surface area (Å²) in [7, 11) is 0. The molecule has 1 rings (SSSR count). The molecule has 0 unspecified atom stereocenters. The molecule has 1 aliphatic heterocycles. The largest absolute Gasteiger partial charge is 2.00 e. The molecule has 1 N–H and O–H groups in total. The Morgan fingerprint density at radius 1 is 0.933 bits per heavy atom. The van der Waals surface area contributed by atoms with Crippen LogP contribution in [0.4, 0.5) is 0 Å². The van der Waals surface area contributed by atoms with Crippen LogP contribution < -0.4 is 15.5 Å². The molecule has 0 aromatic rings. The van der Waals surface area contributed by atoms with Crippen molar-refractivity contribution in [3.8, 4) is 0 Å². The molecule has 1 aliphatic rings. The zero-order valence-corrected chi connectivity index (χ0v) is 12.3. The molecule has 0 bridgehead atoms. The third-order valence-corrected chi connectivity index (χ3v) is 1.21. The van der Waals surface area contributed by atoms with Crippen molar-refractivity contribution in [3.05, 3.63) is 0 Å². The molecule has 0 amide bonds. The molecular formula is C9H17NO4Zn. The first-order valence-electron chi connectivity index (χ1n) is 4.52. The van der Waals surface area contributed by atoms with E-state index in [-0.39, 0.29) is 19.5 Å². The van der Waals surface area contributed by atoms with Gasteiger partial charge < -0.3 is 25.1 Å². The van der Waals surface area contributed by atoms with Gasteiger partial charge in [-0.3, -0.25) is 0 Å². The van der Waals surface area contributed by atoms with Gasteiger partial charge in [-0.05, 0) is 39.8 Å². The van der Waals surface area contributed by atoms with E-state index in [2.05, 4.69) is 5.32 Å². The normalized spacial score (nSPS) is 12.9. The third kappa shape index (κ3) is 58.9. The maximum Gasteiger partial charge on any atom is 2.00 e. The predicted molar refractivity (Wildman–Crippen MR) is 48.1 cm³/mol. The molecule has 0 atom stereocenters. The smallest absolute Gasteiger partial charge is 0.550 e. The van der Waals surface area contributed by atoms with Gasteiger partial charge in [0, 0.05) is 11.9 Å². The monoisotopic (exact) mass is 267 g/mol. The first-order valence-corrected chi connectivity index (χ1v) is 4.52. The molecule has 1 fully saturated rings. The van der Waals surface area contributed by atoms with Gasteiger partial charge >= 0.3 is 19.5 Å². The molecule has 0 aromatic carbocycles. The molecule has 0 spiro atoms. The van der Waals surface area contributed by atoms with Crippen LogP contribution in [0.2, 0.25) is 0 Å². The van der Waals surface area contributed by atoms with Gasteiger partial charge in [-0.15, -0.1) is 0 Å². The minimum Gasteiger partial charge on any atom is -0.550 e. The Morgan fingerprint density at radius 3 is 1.27 bits per heavy atom. The van der Waals surface area contributed by atoms with Crippen LogP contribution in [0.25, 0.3) is 0 Å². The summed E-state index contributed by atoms with van der Waals surface area (Å²) in [5.74, 6) is -2.17. The molecule has 1 heterocycles. The van der Waals surface area contributed by atoms with Crippen molar-refractivity contribution in [3.63, 3.8) is 0 Å². The number of hydrogen-bond donors (Lipinski definition) is 1. The van der Waals surface area contributed by atoms with Crippen LogP contribution in [0.5, 0.6) is 0 Å². The second-order valence-electron chi connectivity index (χ2n) is 2.79. The first kappa shape index (κ1) is 20.0. The van der Waals surface area contributed by atoms with E-state index in [1.165, 1.54) is 32.4 Å². The molecule has 0 saturated carbocycles. The fraction of sp³-hybridized carbons (Fsp3) is 0.778. The second-order valence-corrected chi connectivity index (χ2v) is 2.79. The number of aliphatic carboxylic acids is 2. The van der Waals surface area contributed by atoms with Crippen molar-refractivity contribution in [1.29, 1.82) is 0 Å². The average Bonchev–Trinajstić information content (AvgIpc) is 2.05. The SMILES string of the molecule is C1CCNCC1.CC(=O)[O-].CC(=O)[O-].[Zn+2]. The summed E-state index contributed by atoms with van der Waals surface area (Å²) in [5, 5.41) is 21.1. The fourth-order valence-corrected chi connectivity index (χ4v) is 0.802. The molecule has 6 heteroatoms. The fourth-order valence-electron chi connectivity index (χ4n) is 0.802. The van der Waals surface area contributed by atoms with Gasteiger partial charge in [0.1, 0.15) is 0 Å². The van der Waals surface area contributed by atoms with Crippen LogP contribution in [0.15, 0.2) is 0 Å². The molecule has 84 valence electrons. The molecule has 0 aliphatic carbocycles. The third-order valence-electron chi connectivity index (χ3n) is 1.21. The molecule has 0 radical (unpaired) electrons. The number of carbonyl (C=O) groups is 2. The number of rotatable bonds is 0. The van der Waals surface area contributed by atoms with Gasteiger partial charge in [-0.25, -0.2) is 0 Å². The van der Waals surface area contributed by atoms with Crippen molar-refractivity contribution < 1.29 is 39.3 Å². The standard InChI is InChI=1S/C5H11N.2C2H4O2.Zn/c1-2-4-6-5-3-1;2*1-2(3)4;/h6H,1-5H2;2*1H3,(H,3,4);/q;;;+2/p-2. The zero-order valence-electron chi connectivity index (χ0n) is 9.38. The van der Waals surface area contributed by atoms with E-state index in [0.717, 1.165) is 13.8 Å². The van der Waals surface area contributed by atoms with Gasteiger partial charge in [0.2, 0.25) is 0 Å². The summed E-state index contributed by atoms with van der Waals surface area (Å²) >= 11 is 0. The Morgan fingerprint density at radius 2 is 1.20 bits per heavy atom. The van der Waals surface area contributed by atoms with Gasteiger partial charge in [-0.1, -0.05) is 6.42 Å². The van der Waals surface area contributed by atoms with Gasteiger partial charge in [-0.2, -0.15) is 0 Å². The van der Waals surface area contributed by atoms with Gasteiger partial charge in [0.05, 0.1) is 0 Å². The number of piperidine rings is 1. The van der Waals surface area contributed by atoms with Crippen LogP contribution in [0.1, 0.15) is 33.1 Å². The number of carboxylic acid groups (broad SMARTS) is 2. The van der Waals surface area contributed by atoms with Crippen LogP contribution in [0, 0.1) is 0 Å². The Balaban J connectivity index is -0.000000145. The summed E-state index contributed by atoms with van der Waals surface area (Å²) in [6, 6.07) is 0. The Hall–Kier alpha value is -0.477. The molecule has 15 heavy (non-hydrogen) atoms. The summed E-state index contributed by atoms with van der Waals surface area (Å²) in [6.07, 6.45) is 4.22. The van der Waals surface area contributed by atoms with E-state index in [1.54, 1.807) is 0 Å². The Labute approximate surface area is 103 Å². The minimum atomic E-state index is -1.08. The van der Waals surface area contributed by atoms with E-state index in [1.807, 2.05) is 0 Å². The quantitative estimate of drug-likeness (QED) is 0.527. The molecular weight excluding hydrogens is 251 g/mol. The average molecular weight is 269 g/mol. The Kier molecular flexibility index (Phi) is 21.3. The summed E-state index contributed by atoms with van der Waals surface area (Å²) in [6.45, 7) is 4.44. The number of carboxylic acids is 2. The van der Waals surface area contributed by atoms with Crippen molar-refractivity contribution in [2.24, 2.45) is 0 Å². The molecule has 5 nitrogen and oxygen atoms in total. The predicted octanol–water partition coefficient (Wildman–Crippen LogP) is -1.73. The van der Waals surface area contributed by atoms with Crippen molar-refractivity contribution >= 4 is 11.9 Å². The van der Waals surface area contributed by atoms with E-state index in [4.69, 9.17) is 19.8 Å². The van der Waals surface area contributed by atoms with Crippen molar-refractivity contribution in [1.82, 2.24) is 5.32 Å². The summed E-state index contributed by atoms with van der Waals surface area (Å²) in [4.78, 5) is 17.8. The Bertz CT molecular complexity index is 129. The van der Waals surface area contributed by atoms with E-state index >= 15 is 0 Å². The van der Waals surface area contributed by atoms with Gasteiger partial charge in [0.25, 0.3) is 0 Å². The van der Waals surface area contributed by atoms with Crippen LogP contribution >= 0.6 is 0 Å². The number of hydrogen-bond acceptors (Lipinski definition) is 5. The second kappa shape index (κ2) is 16.0. The summed E-state index contributed by atoms with van der Waals surface area (Å²) in [5.41, 5.74) is 0. The van der Waals surface area contributed by atoms with Crippen molar-refractivity contribution in [2.45, 2.75) is 33.1 Å². The zero-order chi connectivity index (χ0) is 11.4. The van der Waals surface area contributed by atoms with Gasteiger partial charge in [0.15, 0.2) is 0 Å².